The first-order valence-corrected chi connectivity index (χ1v) is 11.5. The summed E-state index contributed by atoms with van der Waals surface area (Å²) < 4.78 is 24.7. The van der Waals surface area contributed by atoms with E-state index in [1.165, 1.54) is 12.1 Å². The minimum Gasteiger partial charge on any atom is -0.497 e. The number of aryl methyl sites for hydroxylation is 1. The van der Waals surface area contributed by atoms with Crippen molar-refractivity contribution < 1.29 is 13.7 Å². The Balaban J connectivity index is 1.63. The number of aromatic nitrogens is 2. The van der Waals surface area contributed by atoms with E-state index in [1.54, 1.807) is 19.2 Å². The summed E-state index contributed by atoms with van der Waals surface area (Å²) in [6.45, 7) is 3.97. The molecule has 1 N–H and O–H groups in total. The van der Waals surface area contributed by atoms with Gasteiger partial charge < -0.3 is 14.6 Å². The van der Waals surface area contributed by atoms with Crippen LogP contribution in [0.3, 0.4) is 0 Å². The summed E-state index contributed by atoms with van der Waals surface area (Å²) in [7, 11) is 1.63. The quantitative estimate of drug-likeness (QED) is 0.344. The minimum atomic E-state index is -0.337. The van der Waals surface area contributed by atoms with Gasteiger partial charge in [-0.2, -0.15) is 4.98 Å². The molecule has 0 amide bonds. The van der Waals surface area contributed by atoms with Gasteiger partial charge in [-0.05, 0) is 68.0 Å². The van der Waals surface area contributed by atoms with E-state index in [9.17, 15) is 4.39 Å². The van der Waals surface area contributed by atoms with Gasteiger partial charge in [0, 0.05) is 16.9 Å². The van der Waals surface area contributed by atoms with Crippen molar-refractivity contribution in [1.29, 1.82) is 0 Å². The topological polar surface area (TPSA) is 63.4 Å². The maximum atomic E-state index is 13.6. The number of hydrogen-bond donors (Lipinski definition) is 1. The zero-order valence-corrected chi connectivity index (χ0v) is 20.3. The molecule has 176 valence electrons. The number of allylic oxidation sites excluding steroid dienone is 1. The van der Waals surface area contributed by atoms with Gasteiger partial charge in [-0.3, -0.25) is 4.90 Å². The average Bonchev–Trinajstić information content (AvgIpc) is 3.35. The molecule has 0 saturated heterocycles. The third-order valence-corrected chi connectivity index (χ3v) is 6.29. The number of nitrogens with one attached hydrogen (secondary N) is 1. The number of ether oxygens (including phenoxy) is 1. The van der Waals surface area contributed by atoms with Crippen molar-refractivity contribution in [1.82, 2.24) is 15.5 Å². The number of hydrogen-bond acceptors (Lipinski definition) is 5. The summed E-state index contributed by atoms with van der Waals surface area (Å²) in [6, 6.07) is 21.5. The van der Waals surface area contributed by atoms with Gasteiger partial charge in [-0.1, -0.05) is 47.1 Å². The summed E-state index contributed by atoms with van der Waals surface area (Å²) in [5.74, 6) is 1.31. The van der Waals surface area contributed by atoms with E-state index in [4.69, 9.17) is 26.5 Å². The van der Waals surface area contributed by atoms with Gasteiger partial charge in [0.2, 0.25) is 5.82 Å². The smallest absolute Gasteiger partial charge is 0.258 e. The van der Waals surface area contributed by atoms with Gasteiger partial charge in [-0.15, -0.1) is 0 Å². The van der Waals surface area contributed by atoms with Crippen molar-refractivity contribution in [3.63, 3.8) is 0 Å². The molecule has 8 heteroatoms. The maximum Gasteiger partial charge on any atom is 0.258 e. The lowest BCUT2D eigenvalue weighted by atomic mass is 9.94. The Morgan fingerprint density at radius 2 is 1.66 bits per heavy atom. The van der Waals surface area contributed by atoms with Crippen molar-refractivity contribution in [3.05, 3.63) is 101 Å². The fourth-order valence-corrected chi connectivity index (χ4v) is 4.48. The first kappa shape index (κ1) is 22.7. The molecule has 6 nitrogen and oxygen atoms in total. The van der Waals surface area contributed by atoms with Crippen molar-refractivity contribution in [2.45, 2.75) is 19.9 Å². The Labute approximate surface area is 208 Å². The molecule has 1 unspecified atom stereocenters. The Kier molecular flexibility index (Phi) is 6.05. The zero-order valence-electron chi connectivity index (χ0n) is 19.4. The van der Waals surface area contributed by atoms with Crippen LogP contribution >= 0.6 is 12.2 Å². The molecule has 1 aromatic heterocycles. The first-order chi connectivity index (χ1) is 16.9. The van der Waals surface area contributed by atoms with E-state index in [2.05, 4.69) is 10.5 Å². The van der Waals surface area contributed by atoms with Crippen molar-refractivity contribution in [3.8, 4) is 17.1 Å². The number of methoxy groups -OCH3 is 1. The fraction of sp³-hybridized carbons (Fsp3) is 0.148. The average molecular weight is 487 g/mol. The zero-order chi connectivity index (χ0) is 24.5. The standard InChI is InChI=1S/C27H23FN4O2S/c1-16-4-6-19(7-5-16)25-30-26(34-31-25)23-17(2)32(21-12-10-20(28)11-13-21)27(35)29-24(23)18-8-14-22(33-3)15-9-18/h4-15,24H,1-3H3,(H,29,35). The van der Waals surface area contributed by atoms with E-state index in [0.29, 0.717) is 16.8 Å². The first-order valence-electron chi connectivity index (χ1n) is 11.1. The Morgan fingerprint density at radius 3 is 2.31 bits per heavy atom. The van der Waals surface area contributed by atoms with Crippen molar-refractivity contribution >= 4 is 28.6 Å². The van der Waals surface area contributed by atoms with Crippen LogP contribution in [0, 0.1) is 12.7 Å². The molecule has 0 saturated carbocycles. The van der Waals surface area contributed by atoms with Crippen LogP contribution in [0.2, 0.25) is 0 Å². The molecule has 2 heterocycles. The van der Waals surface area contributed by atoms with Gasteiger partial charge in [0.1, 0.15) is 11.6 Å². The van der Waals surface area contributed by atoms with Crippen molar-refractivity contribution in [2.75, 3.05) is 12.0 Å². The molecule has 0 spiro atoms. The Morgan fingerprint density at radius 1 is 0.971 bits per heavy atom. The fourth-order valence-electron chi connectivity index (χ4n) is 4.12. The van der Waals surface area contributed by atoms with Crippen LogP contribution in [0.25, 0.3) is 17.0 Å². The van der Waals surface area contributed by atoms with Gasteiger partial charge in [0.15, 0.2) is 5.11 Å². The second-order valence-electron chi connectivity index (χ2n) is 8.26. The molecular weight excluding hydrogens is 463 g/mol. The number of thiocarbonyl (C=S) groups is 1. The van der Waals surface area contributed by atoms with E-state index in [-0.39, 0.29) is 11.9 Å². The lowest BCUT2D eigenvalue weighted by Gasteiger charge is -2.37. The summed E-state index contributed by atoms with van der Waals surface area (Å²) in [6.07, 6.45) is 0. The highest BCUT2D eigenvalue weighted by molar-refractivity contribution is 7.80. The second-order valence-corrected chi connectivity index (χ2v) is 8.64. The Hall–Kier alpha value is -4.04. The largest absolute Gasteiger partial charge is 0.497 e. The van der Waals surface area contributed by atoms with Crippen molar-refractivity contribution in [2.24, 2.45) is 0 Å². The van der Waals surface area contributed by atoms with Gasteiger partial charge >= 0.3 is 0 Å². The van der Waals surface area contributed by atoms with E-state index in [1.807, 2.05) is 67.3 Å². The van der Waals surface area contributed by atoms with E-state index < -0.39 is 0 Å². The lowest BCUT2D eigenvalue weighted by Crippen LogP contribution is -2.46. The third kappa shape index (κ3) is 4.40. The number of halogens is 1. The molecule has 1 aliphatic heterocycles. The molecule has 1 atom stereocenters. The Bertz CT molecular complexity index is 1400. The molecule has 0 aliphatic carbocycles. The molecule has 35 heavy (non-hydrogen) atoms. The van der Waals surface area contributed by atoms with Crippen LogP contribution < -0.4 is 15.0 Å². The van der Waals surface area contributed by atoms with Gasteiger partial charge in [0.25, 0.3) is 5.89 Å². The molecular formula is C27H23FN4O2S. The molecule has 0 radical (unpaired) electrons. The molecule has 5 rings (SSSR count). The number of anilines is 1. The predicted molar refractivity (Wildman–Crippen MR) is 137 cm³/mol. The van der Waals surface area contributed by atoms with E-state index >= 15 is 0 Å². The molecule has 0 bridgehead atoms. The molecule has 3 aromatic carbocycles. The van der Waals surface area contributed by atoms with Crippen LogP contribution in [0.5, 0.6) is 5.75 Å². The predicted octanol–water partition coefficient (Wildman–Crippen LogP) is 6.06. The highest BCUT2D eigenvalue weighted by atomic mass is 32.1. The number of nitrogens with zero attached hydrogens (tertiary/aromatic N) is 3. The lowest BCUT2D eigenvalue weighted by molar-refractivity contribution is 0.404. The highest BCUT2D eigenvalue weighted by Gasteiger charge is 2.34. The molecule has 1 aliphatic rings. The maximum absolute atomic E-state index is 13.6. The summed E-state index contributed by atoms with van der Waals surface area (Å²) >= 11 is 5.74. The summed E-state index contributed by atoms with van der Waals surface area (Å²) in [4.78, 5) is 6.58. The van der Waals surface area contributed by atoms with Crippen LogP contribution in [0.4, 0.5) is 10.1 Å². The molecule has 0 fully saturated rings. The van der Waals surface area contributed by atoms with Crippen LogP contribution in [0.15, 0.2) is 83.0 Å². The monoisotopic (exact) mass is 486 g/mol. The molecule has 4 aromatic rings. The third-order valence-electron chi connectivity index (χ3n) is 5.98. The van der Waals surface area contributed by atoms with Crippen LogP contribution in [0.1, 0.15) is 30.0 Å². The van der Waals surface area contributed by atoms with Crippen LogP contribution in [-0.4, -0.2) is 22.4 Å². The number of benzene rings is 3. The summed E-state index contributed by atoms with van der Waals surface area (Å²) in [5, 5.41) is 8.13. The second kappa shape index (κ2) is 9.31. The SMILES string of the molecule is COc1ccc(C2NC(=S)N(c3ccc(F)cc3)C(C)=C2c2nc(-c3ccc(C)cc3)no2)cc1. The highest BCUT2D eigenvalue weighted by Crippen LogP contribution is 2.39. The number of rotatable bonds is 5. The van der Waals surface area contributed by atoms with Gasteiger partial charge in [0.05, 0.1) is 18.7 Å². The van der Waals surface area contributed by atoms with E-state index in [0.717, 1.165) is 39.4 Å². The normalized spacial score (nSPS) is 15.8. The van der Waals surface area contributed by atoms with Gasteiger partial charge in [-0.25, -0.2) is 4.39 Å². The van der Waals surface area contributed by atoms with Crippen LogP contribution in [-0.2, 0) is 0 Å². The minimum absolute atomic E-state index is 0.317. The summed E-state index contributed by atoms with van der Waals surface area (Å²) in [5.41, 5.74) is 5.27.